The van der Waals surface area contributed by atoms with Gasteiger partial charge in [-0.15, -0.1) is 0 Å². The van der Waals surface area contributed by atoms with Crippen molar-refractivity contribution in [2.45, 2.75) is 32.8 Å². The Balaban J connectivity index is 1.48. The summed E-state index contributed by atoms with van der Waals surface area (Å²) in [5, 5.41) is 4.35. The Kier molecular flexibility index (Phi) is 5.98. The van der Waals surface area contributed by atoms with Crippen molar-refractivity contribution in [1.29, 1.82) is 0 Å². The molecule has 0 unspecified atom stereocenters. The Labute approximate surface area is 199 Å². The predicted octanol–water partition coefficient (Wildman–Crippen LogP) is 3.25. The summed E-state index contributed by atoms with van der Waals surface area (Å²) >= 11 is 1.15. The van der Waals surface area contributed by atoms with Crippen LogP contribution in [0.1, 0.15) is 37.1 Å². The monoisotopic (exact) mass is 473 g/mol. The summed E-state index contributed by atoms with van der Waals surface area (Å²) < 4.78 is 13.2. The van der Waals surface area contributed by atoms with Crippen molar-refractivity contribution in [2.75, 3.05) is 6.61 Å². The van der Waals surface area contributed by atoms with Gasteiger partial charge in [-0.2, -0.15) is 14.6 Å². The van der Waals surface area contributed by atoms with E-state index in [1.807, 2.05) is 68.5 Å². The molecule has 1 atom stereocenters. The first-order valence-corrected chi connectivity index (χ1v) is 12.0. The summed E-state index contributed by atoms with van der Waals surface area (Å²) in [4.78, 5) is 30.1. The van der Waals surface area contributed by atoms with E-state index < -0.39 is 5.56 Å². The van der Waals surface area contributed by atoms with E-state index in [0.717, 1.165) is 46.0 Å². The zero-order chi connectivity index (χ0) is 23.7. The third kappa shape index (κ3) is 4.36. The van der Waals surface area contributed by atoms with E-state index in [-0.39, 0.29) is 28.7 Å². The summed E-state index contributed by atoms with van der Waals surface area (Å²) in [6.45, 7) is 4.64. The van der Waals surface area contributed by atoms with Gasteiger partial charge in [-0.05, 0) is 54.8 Å². The van der Waals surface area contributed by atoms with E-state index in [2.05, 4.69) is 10.1 Å². The molecule has 0 bridgehead atoms. The Bertz CT molecular complexity index is 1550. The van der Waals surface area contributed by atoms with Crippen LogP contribution in [0, 0.1) is 0 Å². The number of rotatable bonds is 6. The Morgan fingerprint density at radius 2 is 1.94 bits per heavy atom. The maximum Gasteiger partial charge on any atom is 0.296 e. The Morgan fingerprint density at radius 3 is 2.74 bits per heavy atom. The molecule has 5 rings (SSSR count). The van der Waals surface area contributed by atoms with Gasteiger partial charge in [0.1, 0.15) is 23.3 Å². The second kappa shape index (κ2) is 9.23. The summed E-state index contributed by atoms with van der Waals surface area (Å²) in [7, 11) is 0. The minimum atomic E-state index is -0.429. The fraction of sp³-hybridized carbons (Fsp3) is 0.231. The van der Waals surface area contributed by atoms with Crippen molar-refractivity contribution in [1.82, 2.24) is 14.6 Å². The largest absolute Gasteiger partial charge is 0.494 e. The molecular formula is C26H23N3O4S. The number of ether oxygens (including phenoxy) is 2. The van der Waals surface area contributed by atoms with E-state index in [1.165, 1.54) is 4.52 Å². The first kappa shape index (κ1) is 22.0. The number of aromatic nitrogens is 3. The van der Waals surface area contributed by atoms with Gasteiger partial charge < -0.3 is 9.47 Å². The van der Waals surface area contributed by atoms with Crippen LogP contribution >= 0.6 is 11.3 Å². The number of nitrogens with zero attached hydrogens (tertiary/aromatic N) is 3. The Hall–Kier alpha value is -3.78. The molecule has 1 aliphatic rings. The highest BCUT2D eigenvalue weighted by Crippen LogP contribution is 2.29. The fourth-order valence-corrected chi connectivity index (χ4v) is 4.65. The highest BCUT2D eigenvalue weighted by atomic mass is 32.1. The molecule has 1 aliphatic heterocycles. The highest BCUT2D eigenvalue weighted by molar-refractivity contribution is 7.15. The minimum absolute atomic E-state index is 0.208. The van der Waals surface area contributed by atoms with Crippen LogP contribution < -0.4 is 25.1 Å². The van der Waals surface area contributed by atoms with Crippen molar-refractivity contribution in [2.24, 2.45) is 0 Å². The first-order chi connectivity index (χ1) is 16.5. The lowest BCUT2D eigenvalue weighted by molar-refractivity contribution is 0.259. The molecule has 0 aliphatic carbocycles. The second-order valence-electron chi connectivity index (χ2n) is 8.09. The van der Waals surface area contributed by atoms with E-state index in [0.29, 0.717) is 11.1 Å². The summed E-state index contributed by atoms with van der Waals surface area (Å²) in [6.07, 6.45) is 4.81. The minimum Gasteiger partial charge on any atom is -0.494 e. The smallest absolute Gasteiger partial charge is 0.296 e. The van der Waals surface area contributed by atoms with Crippen molar-refractivity contribution >= 4 is 28.4 Å². The van der Waals surface area contributed by atoms with Crippen LogP contribution in [0.15, 0.2) is 63.7 Å². The molecule has 2 aromatic heterocycles. The zero-order valence-electron chi connectivity index (χ0n) is 18.9. The maximum absolute atomic E-state index is 13.1. The molecule has 0 saturated carbocycles. The van der Waals surface area contributed by atoms with Gasteiger partial charge in [0.15, 0.2) is 0 Å². The lowest BCUT2D eigenvalue weighted by Crippen LogP contribution is -2.29. The summed E-state index contributed by atoms with van der Waals surface area (Å²) in [6, 6.07) is 15.3. The number of thiazole rings is 1. The fourth-order valence-electron chi connectivity index (χ4n) is 3.74. The van der Waals surface area contributed by atoms with Gasteiger partial charge in [-0.25, -0.2) is 0 Å². The van der Waals surface area contributed by atoms with Crippen LogP contribution in [0.3, 0.4) is 0 Å². The number of hydrogen-bond acceptors (Lipinski definition) is 7. The number of benzene rings is 2. The third-order valence-corrected chi connectivity index (χ3v) is 6.49. The van der Waals surface area contributed by atoms with Crippen molar-refractivity contribution in [3.8, 4) is 11.5 Å². The number of para-hydroxylation sites is 1. The third-order valence-electron chi connectivity index (χ3n) is 5.53. The maximum atomic E-state index is 13.1. The van der Waals surface area contributed by atoms with Crippen LogP contribution in [-0.4, -0.2) is 27.3 Å². The molecule has 8 heteroatoms. The van der Waals surface area contributed by atoms with Crippen LogP contribution in [0.2, 0.25) is 0 Å². The van der Waals surface area contributed by atoms with Crippen molar-refractivity contribution < 1.29 is 9.47 Å². The van der Waals surface area contributed by atoms with Gasteiger partial charge in [-0.1, -0.05) is 48.6 Å². The molecule has 7 nitrogen and oxygen atoms in total. The Morgan fingerprint density at radius 1 is 1.15 bits per heavy atom. The first-order valence-electron chi connectivity index (χ1n) is 11.2. The molecule has 0 spiro atoms. The normalized spacial score (nSPS) is 15.6. The molecule has 34 heavy (non-hydrogen) atoms. The molecule has 172 valence electrons. The second-order valence-corrected chi connectivity index (χ2v) is 9.09. The number of fused-ring (bicyclic) bond motifs is 2. The topological polar surface area (TPSA) is 82.8 Å². The van der Waals surface area contributed by atoms with E-state index >= 15 is 0 Å². The van der Waals surface area contributed by atoms with Gasteiger partial charge in [0.05, 0.1) is 11.1 Å². The van der Waals surface area contributed by atoms with Crippen LogP contribution in [0.4, 0.5) is 0 Å². The predicted molar refractivity (Wildman–Crippen MR) is 133 cm³/mol. The molecule has 0 radical (unpaired) electrons. The quantitative estimate of drug-likeness (QED) is 0.428. The lowest BCUT2D eigenvalue weighted by Gasteiger charge is -2.22. The summed E-state index contributed by atoms with van der Waals surface area (Å²) in [5.74, 6) is 1.59. The average Bonchev–Trinajstić information content (AvgIpc) is 3.13. The molecule has 0 N–H and O–H groups in total. The SMILES string of the molecule is CCCOc1ccc(Cc2nn3c(=O)/c(=C\C4=Cc5ccccc5O[C@@H]4C)sc3nc2=O)cc1. The standard InChI is InChI=1S/C26H23N3O4S/c1-3-12-32-20-10-8-17(9-11-20)13-21-24(30)27-26-29(28-21)25(31)23(34-26)15-19-14-18-6-4-5-7-22(18)33-16(19)2/h4-11,14-16H,3,12-13H2,1-2H3/b23-15+/t16-/m1/s1. The van der Waals surface area contributed by atoms with Gasteiger partial charge in [-0.3, -0.25) is 9.59 Å². The molecule has 2 aromatic carbocycles. The van der Waals surface area contributed by atoms with Gasteiger partial charge in [0.2, 0.25) is 4.96 Å². The van der Waals surface area contributed by atoms with Crippen LogP contribution in [0.5, 0.6) is 11.5 Å². The molecule has 0 saturated heterocycles. The zero-order valence-corrected chi connectivity index (χ0v) is 19.7. The lowest BCUT2D eigenvalue weighted by atomic mass is 10.0. The van der Waals surface area contributed by atoms with E-state index in [9.17, 15) is 9.59 Å². The van der Waals surface area contributed by atoms with Crippen LogP contribution in [-0.2, 0) is 6.42 Å². The van der Waals surface area contributed by atoms with Gasteiger partial charge in [0, 0.05) is 12.0 Å². The number of hydrogen-bond donors (Lipinski definition) is 0. The molecule has 0 amide bonds. The van der Waals surface area contributed by atoms with Gasteiger partial charge >= 0.3 is 0 Å². The van der Waals surface area contributed by atoms with Crippen molar-refractivity contribution in [3.63, 3.8) is 0 Å². The molecule has 4 aromatic rings. The van der Waals surface area contributed by atoms with Crippen molar-refractivity contribution in [3.05, 3.63) is 96.2 Å². The van der Waals surface area contributed by atoms with E-state index in [4.69, 9.17) is 9.47 Å². The highest BCUT2D eigenvalue weighted by Gasteiger charge is 2.18. The molecular weight excluding hydrogens is 450 g/mol. The average molecular weight is 474 g/mol. The molecule has 3 heterocycles. The summed E-state index contributed by atoms with van der Waals surface area (Å²) in [5.41, 5.74) is 2.21. The van der Waals surface area contributed by atoms with E-state index in [1.54, 1.807) is 6.08 Å². The van der Waals surface area contributed by atoms with Crippen LogP contribution in [0.25, 0.3) is 17.1 Å². The van der Waals surface area contributed by atoms with Gasteiger partial charge in [0.25, 0.3) is 11.1 Å². The molecule has 0 fully saturated rings.